The van der Waals surface area contributed by atoms with Crippen LogP contribution in [0.25, 0.3) is 22.4 Å². The third-order valence-electron chi connectivity index (χ3n) is 7.16. The number of aromatic nitrogens is 2. The summed E-state index contributed by atoms with van der Waals surface area (Å²) >= 11 is 0. The molecule has 1 saturated heterocycles. The SMILES string of the molecule is CCOC(=O)c1c(C(=O)N2CCN(C(=O)c3ccc(-c4ccccc4)cc3)C(C)C2)nc(C)nc1-c1ccccc1. The summed E-state index contributed by atoms with van der Waals surface area (Å²) in [6.07, 6.45) is 0. The van der Waals surface area contributed by atoms with Crippen LogP contribution in [-0.4, -0.2) is 69.8 Å². The average Bonchev–Trinajstić information content (AvgIpc) is 3.01. The van der Waals surface area contributed by atoms with Gasteiger partial charge in [0.15, 0.2) is 0 Å². The van der Waals surface area contributed by atoms with Crippen LogP contribution in [-0.2, 0) is 4.74 Å². The molecule has 1 atom stereocenters. The molecule has 2 heterocycles. The summed E-state index contributed by atoms with van der Waals surface area (Å²) in [4.78, 5) is 52.7. The summed E-state index contributed by atoms with van der Waals surface area (Å²) in [6.45, 7) is 6.45. The molecule has 8 nitrogen and oxygen atoms in total. The lowest BCUT2D eigenvalue weighted by atomic mass is 10.0. The number of hydrogen-bond donors (Lipinski definition) is 0. The van der Waals surface area contributed by atoms with Crippen molar-refractivity contribution in [3.63, 3.8) is 0 Å². The lowest BCUT2D eigenvalue weighted by Gasteiger charge is -2.40. The van der Waals surface area contributed by atoms with Crippen LogP contribution in [0.3, 0.4) is 0 Å². The largest absolute Gasteiger partial charge is 0.462 e. The molecule has 3 aromatic carbocycles. The van der Waals surface area contributed by atoms with Gasteiger partial charge in [0.05, 0.1) is 12.3 Å². The van der Waals surface area contributed by atoms with Gasteiger partial charge in [0.1, 0.15) is 17.1 Å². The van der Waals surface area contributed by atoms with Crippen molar-refractivity contribution in [2.45, 2.75) is 26.8 Å². The van der Waals surface area contributed by atoms with Crippen molar-refractivity contribution in [3.8, 4) is 22.4 Å². The molecule has 0 radical (unpaired) electrons. The molecule has 5 rings (SSSR count). The number of nitrogens with zero attached hydrogens (tertiary/aromatic N) is 4. The molecule has 208 valence electrons. The van der Waals surface area contributed by atoms with E-state index in [0.29, 0.717) is 42.3 Å². The average molecular weight is 549 g/mol. The highest BCUT2D eigenvalue weighted by Crippen LogP contribution is 2.27. The summed E-state index contributed by atoms with van der Waals surface area (Å²) in [6, 6.07) is 26.6. The van der Waals surface area contributed by atoms with E-state index in [0.717, 1.165) is 11.1 Å². The zero-order valence-corrected chi connectivity index (χ0v) is 23.4. The topological polar surface area (TPSA) is 92.7 Å². The zero-order valence-electron chi connectivity index (χ0n) is 23.4. The maximum absolute atomic E-state index is 13.9. The first-order valence-corrected chi connectivity index (χ1v) is 13.7. The second-order valence-corrected chi connectivity index (χ2v) is 9.97. The lowest BCUT2D eigenvalue weighted by Crippen LogP contribution is -2.55. The van der Waals surface area contributed by atoms with Crippen LogP contribution in [0.5, 0.6) is 0 Å². The summed E-state index contributed by atoms with van der Waals surface area (Å²) in [7, 11) is 0. The number of carbonyl (C=O) groups is 3. The molecule has 1 aliphatic rings. The highest BCUT2D eigenvalue weighted by Gasteiger charge is 2.34. The lowest BCUT2D eigenvalue weighted by molar-refractivity contribution is 0.0406. The minimum Gasteiger partial charge on any atom is -0.462 e. The Hall–Kier alpha value is -4.85. The second kappa shape index (κ2) is 12.1. The van der Waals surface area contributed by atoms with Crippen LogP contribution in [0.4, 0.5) is 0 Å². The van der Waals surface area contributed by atoms with E-state index in [-0.39, 0.29) is 35.7 Å². The van der Waals surface area contributed by atoms with Gasteiger partial charge in [-0.1, -0.05) is 72.8 Å². The molecule has 1 unspecified atom stereocenters. The minimum atomic E-state index is -0.643. The number of hydrogen-bond acceptors (Lipinski definition) is 6. The Morgan fingerprint density at radius 3 is 2.02 bits per heavy atom. The summed E-state index contributed by atoms with van der Waals surface area (Å²) in [5.41, 5.74) is 3.84. The Bertz CT molecular complexity index is 1560. The molecule has 4 aromatic rings. The predicted molar refractivity (Wildman–Crippen MR) is 156 cm³/mol. The summed E-state index contributed by atoms with van der Waals surface area (Å²) in [5.74, 6) is -0.737. The second-order valence-electron chi connectivity index (χ2n) is 9.97. The van der Waals surface area contributed by atoms with Gasteiger partial charge in [-0.3, -0.25) is 9.59 Å². The maximum Gasteiger partial charge on any atom is 0.342 e. The Labute approximate surface area is 239 Å². The fourth-order valence-electron chi connectivity index (χ4n) is 5.12. The van der Waals surface area contributed by atoms with Crippen molar-refractivity contribution in [2.75, 3.05) is 26.2 Å². The number of piperazine rings is 1. The molecule has 0 spiro atoms. The Morgan fingerprint density at radius 2 is 1.41 bits per heavy atom. The van der Waals surface area contributed by atoms with Gasteiger partial charge in [-0.15, -0.1) is 0 Å². The first-order chi connectivity index (χ1) is 19.9. The molecule has 1 aromatic heterocycles. The first kappa shape index (κ1) is 27.7. The van der Waals surface area contributed by atoms with E-state index >= 15 is 0 Å². The number of rotatable bonds is 6. The zero-order chi connectivity index (χ0) is 28.9. The number of aryl methyl sites for hydroxylation is 1. The fourth-order valence-corrected chi connectivity index (χ4v) is 5.12. The molecular weight excluding hydrogens is 516 g/mol. The van der Waals surface area contributed by atoms with Gasteiger partial charge in [0.2, 0.25) is 0 Å². The Balaban J connectivity index is 1.37. The molecule has 0 bridgehead atoms. The van der Waals surface area contributed by atoms with E-state index in [4.69, 9.17) is 4.74 Å². The smallest absolute Gasteiger partial charge is 0.342 e. The van der Waals surface area contributed by atoms with Gasteiger partial charge in [0, 0.05) is 36.8 Å². The Morgan fingerprint density at radius 1 is 0.805 bits per heavy atom. The van der Waals surface area contributed by atoms with E-state index in [2.05, 4.69) is 9.97 Å². The molecule has 8 heteroatoms. The molecular formula is C33H32N4O4. The van der Waals surface area contributed by atoms with E-state index in [9.17, 15) is 14.4 Å². The van der Waals surface area contributed by atoms with Gasteiger partial charge >= 0.3 is 5.97 Å². The summed E-state index contributed by atoms with van der Waals surface area (Å²) in [5, 5.41) is 0. The predicted octanol–water partition coefficient (Wildman–Crippen LogP) is 5.28. The molecule has 0 N–H and O–H groups in total. The van der Waals surface area contributed by atoms with E-state index in [1.54, 1.807) is 23.6 Å². The van der Waals surface area contributed by atoms with Gasteiger partial charge in [-0.05, 0) is 44.0 Å². The van der Waals surface area contributed by atoms with Crippen LogP contribution < -0.4 is 0 Å². The van der Waals surface area contributed by atoms with Crippen molar-refractivity contribution >= 4 is 17.8 Å². The Kier molecular flexibility index (Phi) is 8.19. The van der Waals surface area contributed by atoms with Gasteiger partial charge in [0.25, 0.3) is 11.8 Å². The van der Waals surface area contributed by atoms with E-state index in [1.807, 2.05) is 91.9 Å². The molecule has 2 amide bonds. The molecule has 41 heavy (non-hydrogen) atoms. The number of esters is 1. The van der Waals surface area contributed by atoms with Crippen LogP contribution in [0.1, 0.15) is 50.9 Å². The third-order valence-corrected chi connectivity index (χ3v) is 7.16. The molecule has 0 saturated carbocycles. The van der Waals surface area contributed by atoms with Gasteiger partial charge in [-0.2, -0.15) is 0 Å². The fraction of sp³-hybridized carbons (Fsp3) is 0.242. The van der Waals surface area contributed by atoms with Crippen LogP contribution in [0.15, 0.2) is 84.9 Å². The van der Waals surface area contributed by atoms with Crippen molar-refractivity contribution < 1.29 is 19.1 Å². The number of benzene rings is 3. The van der Waals surface area contributed by atoms with Crippen molar-refractivity contribution in [1.82, 2.24) is 19.8 Å². The monoisotopic (exact) mass is 548 g/mol. The molecule has 1 fully saturated rings. The highest BCUT2D eigenvalue weighted by atomic mass is 16.5. The van der Waals surface area contributed by atoms with Crippen LogP contribution in [0, 0.1) is 6.92 Å². The number of carbonyl (C=O) groups excluding carboxylic acids is 3. The van der Waals surface area contributed by atoms with Crippen molar-refractivity contribution in [3.05, 3.63) is 108 Å². The van der Waals surface area contributed by atoms with Crippen LogP contribution >= 0.6 is 0 Å². The molecule has 1 aliphatic heterocycles. The van der Waals surface area contributed by atoms with Crippen molar-refractivity contribution in [1.29, 1.82) is 0 Å². The minimum absolute atomic E-state index is 0.0123. The standard InChI is InChI=1S/C33H32N4O4/c1-4-41-33(40)28-29(26-13-9-6-10-14-26)34-23(3)35-30(28)32(39)36-19-20-37(22(2)21-36)31(38)27-17-15-25(16-18-27)24-11-7-5-8-12-24/h5-18,22H,4,19-21H2,1-3H3. The van der Waals surface area contributed by atoms with E-state index < -0.39 is 5.97 Å². The maximum atomic E-state index is 13.9. The number of amides is 2. The quantitative estimate of drug-likeness (QED) is 0.304. The normalized spacial score (nSPS) is 15.0. The van der Waals surface area contributed by atoms with Crippen molar-refractivity contribution in [2.24, 2.45) is 0 Å². The highest BCUT2D eigenvalue weighted by molar-refractivity contribution is 6.07. The number of ether oxygens (including phenoxy) is 1. The summed E-state index contributed by atoms with van der Waals surface area (Å²) < 4.78 is 5.32. The van der Waals surface area contributed by atoms with Gasteiger partial charge < -0.3 is 14.5 Å². The first-order valence-electron chi connectivity index (χ1n) is 13.7. The van der Waals surface area contributed by atoms with E-state index in [1.165, 1.54) is 0 Å². The van der Waals surface area contributed by atoms with Crippen LogP contribution in [0.2, 0.25) is 0 Å². The third kappa shape index (κ3) is 5.87. The van der Waals surface area contributed by atoms with Gasteiger partial charge in [-0.25, -0.2) is 14.8 Å². The molecule has 0 aliphatic carbocycles.